The van der Waals surface area contributed by atoms with Gasteiger partial charge in [0.2, 0.25) is 0 Å². The summed E-state index contributed by atoms with van der Waals surface area (Å²) in [6.07, 6.45) is 0. The van der Waals surface area contributed by atoms with Crippen LogP contribution in [-0.4, -0.2) is 0 Å². The molecule has 18 rings (SSSR count). The molecular formula is C94H71NO. The number of fused-ring (bicyclic) bond motifs is 11. The van der Waals surface area contributed by atoms with Crippen molar-refractivity contribution >= 4 is 17.1 Å². The van der Waals surface area contributed by atoms with E-state index >= 15 is 0 Å². The molecule has 0 aromatic heterocycles. The number of benzene rings is 14. The van der Waals surface area contributed by atoms with Crippen molar-refractivity contribution in [3.8, 4) is 67.1 Å². The predicted octanol–water partition coefficient (Wildman–Crippen LogP) is 23.8. The molecule has 4 aliphatic rings. The largest absolute Gasteiger partial charge is 0.453 e. The molecule has 458 valence electrons. The van der Waals surface area contributed by atoms with E-state index < -0.39 is 16.2 Å². The summed E-state index contributed by atoms with van der Waals surface area (Å²) in [7, 11) is 0. The highest BCUT2D eigenvalue weighted by molar-refractivity contribution is 5.94. The minimum absolute atomic E-state index is 0.551. The van der Waals surface area contributed by atoms with Crippen molar-refractivity contribution in [1.29, 1.82) is 0 Å². The van der Waals surface area contributed by atoms with Gasteiger partial charge in [-0.2, -0.15) is 0 Å². The molecule has 0 bridgehead atoms. The Morgan fingerprint density at radius 1 is 0.219 bits per heavy atom. The normalized spacial score (nSPS) is 14.3. The Labute approximate surface area is 564 Å². The molecule has 14 aromatic carbocycles. The van der Waals surface area contributed by atoms with Gasteiger partial charge in [-0.25, -0.2) is 0 Å². The van der Waals surface area contributed by atoms with E-state index in [0.717, 1.165) is 50.8 Å². The minimum Gasteiger partial charge on any atom is -0.453 e. The highest BCUT2D eigenvalue weighted by Crippen LogP contribution is 2.62. The van der Waals surface area contributed by atoms with E-state index in [-0.39, 0.29) is 0 Å². The first-order chi connectivity index (χ1) is 46.9. The topological polar surface area (TPSA) is 12.5 Å². The van der Waals surface area contributed by atoms with Crippen LogP contribution in [0, 0.1) is 48.5 Å². The summed E-state index contributed by atoms with van der Waals surface area (Å²) in [6, 6.07) is 116. The number of hydrogen-bond donors (Lipinski definition) is 0. The maximum atomic E-state index is 7.49. The van der Waals surface area contributed by atoms with Crippen molar-refractivity contribution in [1.82, 2.24) is 0 Å². The molecule has 0 fully saturated rings. The Hall–Kier alpha value is -11.3. The third-order valence-corrected chi connectivity index (χ3v) is 21.8. The highest BCUT2D eigenvalue weighted by atomic mass is 16.5. The molecule has 0 unspecified atom stereocenters. The Morgan fingerprint density at radius 3 is 0.833 bits per heavy atom. The summed E-state index contributed by atoms with van der Waals surface area (Å²) >= 11 is 0. The van der Waals surface area contributed by atoms with E-state index in [1.54, 1.807) is 0 Å². The Balaban J connectivity index is 0.819. The Kier molecular flexibility index (Phi) is 12.9. The van der Waals surface area contributed by atoms with Gasteiger partial charge in [-0.15, -0.1) is 0 Å². The number of hydrogen-bond acceptors (Lipinski definition) is 2. The van der Waals surface area contributed by atoms with Gasteiger partial charge < -0.3 is 9.64 Å². The van der Waals surface area contributed by atoms with Crippen molar-refractivity contribution in [3.63, 3.8) is 0 Å². The van der Waals surface area contributed by atoms with Gasteiger partial charge in [0.05, 0.1) is 27.6 Å². The third kappa shape index (κ3) is 8.37. The van der Waals surface area contributed by atoms with Crippen LogP contribution in [0.1, 0.15) is 106 Å². The van der Waals surface area contributed by atoms with Crippen molar-refractivity contribution in [2.24, 2.45) is 0 Å². The molecular weight excluding hydrogens is 1160 g/mol. The molecule has 0 atom stereocenters. The maximum absolute atomic E-state index is 7.49. The van der Waals surface area contributed by atoms with Crippen molar-refractivity contribution in [2.45, 2.75) is 64.7 Å². The van der Waals surface area contributed by atoms with Crippen LogP contribution >= 0.6 is 0 Å². The van der Waals surface area contributed by atoms with Gasteiger partial charge in [-0.1, -0.05) is 294 Å². The molecule has 14 aromatic rings. The zero-order valence-electron chi connectivity index (χ0n) is 55.2. The second-order valence-electron chi connectivity index (χ2n) is 27.6. The van der Waals surface area contributed by atoms with E-state index in [2.05, 4.69) is 357 Å². The number of anilines is 3. The van der Waals surface area contributed by atoms with Crippen LogP contribution in [0.5, 0.6) is 11.5 Å². The Morgan fingerprint density at radius 2 is 0.479 bits per heavy atom. The first-order valence-electron chi connectivity index (χ1n) is 33.8. The van der Waals surface area contributed by atoms with Crippen LogP contribution in [0.3, 0.4) is 0 Å². The lowest BCUT2D eigenvalue weighted by Gasteiger charge is -2.36. The van der Waals surface area contributed by atoms with Crippen LogP contribution in [0.2, 0.25) is 0 Å². The monoisotopic (exact) mass is 1230 g/mol. The molecule has 0 saturated carbocycles. The summed E-state index contributed by atoms with van der Waals surface area (Å²) in [5.74, 6) is 1.58. The average molecular weight is 1230 g/mol. The summed E-state index contributed by atoms with van der Waals surface area (Å²) in [5.41, 5.74) is 37.3. The van der Waals surface area contributed by atoms with Gasteiger partial charge in [0.1, 0.15) is 0 Å². The number of ether oxygens (including phenoxy) is 1. The van der Waals surface area contributed by atoms with Crippen LogP contribution in [0.15, 0.2) is 303 Å². The molecule has 0 saturated heterocycles. The fourth-order valence-electron chi connectivity index (χ4n) is 17.2. The molecule has 1 heterocycles. The summed E-state index contributed by atoms with van der Waals surface area (Å²) in [5, 5.41) is 0. The second-order valence-corrected chi connectivity index (χ2v) is 27.6. The fourth-order valence-corrected chi connectivity index (χ4v) is 17.2. The zero-order chi connectivity index (χ0) is 64.8. The number of rotatable bonds is 9. The van der Waals surface area contributed by atoms with Crippen molar-refractivity contribution in [2.75, 3.05) is 4.90 Å². The standard InChI is InChI=1S/C94H71NO/c1-58-16-32-69(33-17-58)92(70-34-18-59(2)19-35-70)82-14-10-8-12-76(82)80-48-28-65(54-86(80)92)67-30-50-88-90(56-67)96-91-57-68(66-29-49-81-77-13-9-11-15-83(77)93(87(81)55-66,71-36-20-60(3)21-37-71)72-38-22-61(4)23-39-72)31-51-89(91)95(88)75-44-42-74(43-45-75)94(73-40-24-62(5)25-41-73)84-52-63(6)26-46-78(84)79-47-27-64(7)53-85(79)94/h8-57H,1-7H3. The number of aryl methyl sites for hydroxylation is 7. The van der Waals surface area contributed by atoms with Gasteiger partial charge in [0, 0.05) is 5.69 Å². The SMILES string of the molecule is Cc1ccc(C2(c3ccc(N4c5ccc(-c6ccc7c(c6)C(c6ccc(C)cc6)(c6ccc(C)cc6)c6ccccc6-7)cc5Oc5cc(-c6ccc7c(c6)C(c6ccc(C)cc6)(c6ccc(C)cc6)c6ccccc6-7)ccc54)cc3)c3cc(C)ccc3-c3ccc(C)cc32)cc1. The lowest BCUT2D eigenvalue weighted by Crippen LogP contribution is -2.29. The van der Waals surface area contributed by atoms with Crippen LogP contribution in [0.25, 0.3) is 55.6 Å². The van der Waals surface area contributed by atoms with Gasteiger partial charge in [0.15, 0.2) is 11.5 Å². The third-order valence-electron chi connectivity index (χ3n) is 21.8. The first kappa shape index (κ1) is 57.4. The summed E-state index contributed by atoms with van der Waals surface area (Å²) in [6.45, 7) is 15.3. The van der Waals surface area contributed by atoms with E-state index in [0.29, 0.717) is 0 Å². The zero-order valence-corrected chi connectivity index (χ0v) is 55.2. The van der Waals surface area contributed by atoms with Crippen LogP contribution < -0.4 is 9.64 Å². The van der Waals surface area contributed by atoms with E-state index in [1.807, 2.05) is 0 Å². The molecule has 3 aliphatic carbocycles. The molecule has 1 aliphatic heterocycles. The molecule has 0 amide bonds. The van der Waals surface area contributed by atoms with E-state index in [9.17, 15) is 0 Å². The molecule has 0 spiro atoms. The van der Waals surface area contributed by atoms with Crippen LogP contribution in [-0.2, 0) is 16.2 Å². The second kappa shape index (κ2) is 21.6. The maximum Gasteiger partial charge on any atom is 0.152 e. The summed E-state index contributed by atoms with van der Waals surface area (Å²) < 4.78 is 7.49. The van der Waals surface area contributed by atoms with Gasteiger partial charge in [0.25, 0.3) is 0 Å². The lowest BCUT2D eigenvalue weighted by atomic mass is 9.67. The smallest absolute Gasteiger partial charge is 0.152 e. The van der Waals surface area contributed by atoms with Gasteiger partial charge >= 0.3 is 0 Å². The first-order valence-corrected chi connectivity index (χ1v) is 33.8. The molecule has 0 radical (unpaired) electrons. The predicted molar refractivity (Wildman–Crippen MR) is 397 cm³/mol. The minimum atomic E-state index is -0.555. The molecule has 2 heteroatoms. The van der Waals surface area contributed by atoms with E-state index in [4.69, 9.17) is 4.74 Å². The lowest BCUT2D eigenvalue weighted by molar-refractivity contribution is 0.477. The fraction of sp³-hybridized carbons (Fsp3) is 0.106. The van der Waals surface area contributed by atoms with Crippen LogP contribution in [0.4, 0.5) is 17.1 Å². The highest BCUT2D eigenvalue weighted by Gasteiger charge is 2.49. The molecule has 2 nitrogen and oxygen atoms in total. The van der Waals surface area contributed by atoms with E-state index in [1.165, 1.54) is 139 Å². The molecule has 0 N–H and O–H groups in total. The average Bonchev–Trinajstić information content (AvgIpc) is 1.57. The van der Waals surface area contributed by atoms with Gasteiger partial charge in [-0.3, -0.25) is 0 Å². The summed E-state index contributed by atoms with van der Waals surface area (Å²) in [4.78, 5) is 2.42. The number of nitrogens with zero attached hydrogens (tertiary/aromatic N) is 1. The van der Waals surface area contributed by atoms with Gasteiger partial charge in [-0.05, 0) is 219 Å². The quantitative estimate of drug-likeness (QED) is 0.143. The Bertz CT molecular complexity index is 5090. The molecule has 96 heavy (non-hydrogen) atoms. The van der Waals surface area contributed by atoms with Crippen molar-refractivity contribution < 1.29 is 4.74 Å². The van der Waals surface area contributed by atoms with Crippen molar-refractivity contribution in [3.05, 3.63) is 409 Å².